The van der Waals surface area contributed by atoms with Crippen LogP contribution in [-0.4, -0.2) is 58.2 Å². The summed E-state index contributed by atoms with van der Waals surface area (Å²) in [7, 11) is 0. The zero-order valence-corrected chi connectivity index (χ0v) is 20.2. The number of halogens is 1. The number of hydrogen-bond acceptors (Lipinski definition) is 6. The van der Waals surface area contributed by atoms with E-state index in [-0.39, 0.29) is 23.3 Å². The van der Waals surface area contributed by atoms with Crippen molar-refractivity contribution in [3.63, 3.8) is 0 Å². The minimum Gasteiger partial charge on any atom is -0.506 e. The number of aromatic amines is 1. The largest absolute Gasteiger partial charge is 0.506 e. The van der Waals surface area contributed by atoms with Gasteiger partial charge in [-0.2, -0.15) is 0 Å². The Morgan fingerprint density at radius 3 is 2.60 bits per heavy atom. The van der Waals surface area contributed by atoms with Crippen LogP contribution < -0.4 is 16.2 Å². The second-order valence-corrected chi connectivity index (χ2v) is 9.41. The third kappa shape index (κ3) is 6.82. The van der Waals surface area contributed by atoms with Gasteiger partial charge in [-0.25, -0.2) is 0 Å². The van der Waals surface area contributed by atoms with Crippen molar-refractivity contribution in [3.05, 3.63) is 75.0 Å². The van der Waals surface area contributed by atoms with E-state index in [1.54, 1.807) is 12.1 Å². The molecule has 3 aromatic rings. The van der Waals surface area contributed by atoms with Crippen molar-refractivity contribution in [2.45, 2.75) is 38.0 Å². The first kappa shape index (κ1) is 25.2. The molecule has 1 amide bonds. The van der Waals surface area contributed by atoms with Crippen molar-refractivity contribution in [2.24, 2.45) is 0 Å². The molecule has 0 unspecified atom stereocenters. The third-order valence-electron chi connectivity index (χ3n) is 6.51. The highest BCUT2D eigenvalue weighted by Gasteiger charge is 2.21. The Bertz CT molecular complexity index is 1210. The standard InChI is InChI=1S/C26H31ClN4O4/c27-18-3-1-17(2-4-18)15-29-24(34)11-14-31-12-9-19(10-13-31)28-16-23(33)20-5-7-22(32)26-21(20)6-8-25(35)30-26/h1-8,19,23,28,32-33H,9-16H2,(H,29,34)(H,30,35)/t23-/m1/s1. The van der Waals surface area contributed by atoms with Gasteiger partial charge < -0.3 is 30.7 Å². The number of carbonyl (C=O) groups excluding carboxylic acids is 1. The quantitative estimate of drug-likeness (QED) is 0.309. The first-order chi connectivity index (χ1) is 16.9. The number of rotatable bonds is 9. The molecule has 1 fully saturated rings. The Kier molecular flexibility index (Phi) is 8.41. The molecule has 1 aromatic heterocycles. The molecule has 186 valence electrons. The van der Waals surface area contributed by atoms with Crippen LogP contribution in [0.4, 0.5) is 0 Å². The number of aliphatic hydroxyl groups excluding tert-OH is 1. The van der Waals surface area contributed by atoms with E-state index in [1.165, 1.54) is 12.1 Å². The molecule has 1 atom stereocenters. The van der Waals surface area contributed by atoms with Crippen molar-refractivity contribution in [2.75, 3.05) is 26.2 Å². The van der Waals surface area contributed by atoms with Gasteiger partial charge in [0.1, 0.15) is 5.75 Å². The van der Waals surface area contributed by atoms with Crippen LogP contribution in [0.3, 0.4) is 0 Å². The number of phenolic OH excluding ortho intramolecular Hbond substituents is 1. The number of hydrogen-bond donors (Lipinski definition) is 5. The van der Waals surface area contributed by atoms with Crippen LogP contribution in [0.2, 0.25) is 5.02 Å². The second kappa shape index (κ2) is 11.7. The topological polar surface area (TPSA) is 118 Å². The Balaban J connectivity index is 1.18. The Hall–Kier alpha value is -2.91. The first-order valence-corrected chi connectivity index (χ1v) is 12.3. The number of nitrogens with zero attached hydrogens (tertiary/aromatic N) is 1. The maximum Gasteiger partial charge on any atom is 0.248 e. The Morgan fingerprint density at radius 2 is 1.86 bits per heavy atom. The van der Waals surface area contributed by atoms with E-state index in [4.69, 9.17) is 11.6 Å². The minimum absolute atomic E-state index is 0.0207. The predicted octanol–water partition coefficient (Wildman–Crippen LogP) is 2.68. The van der Waals surface area contributed by atoms with Crippen LogP contribution in [0.5, 0.6) is 5.75 Å². The number of fused-ring (bicyclic) bond motifs is 1. The van der Waals surface area contributed by atoms with Gasteiger partial charge in [0.2, 0.25) is 11.5 Å². The van der Waals surface area contributed by atoms with Gasteiger partial charge in [0.15, 0.2) is 0 Å². The van der Waals surface area contributed by atoms with Crippen LogP contribution >= 0.6 is 11.6 Å². The molecule has 8 nitrogen and oxygen atoms in total. The van der Waals surface area contributed by atoms with Crippen LogP contribution in [0.15, 0.2) is 53.3 Å². The van der Waals surface area contributed by atoms with Gasteiger partial charge in [-0.05, 0) is 61.3 Å². The molecule has 4 rings (SSSR count). The SMILES string of the molecule is O=C(CCN1CCC(NC[C@@H](O)c2ccc(O)c3[nH]c(=O)ccc23)CC1)NCc1ccc(Cl)cc1. The maximum atomic E-state index is 12.2. The fourth-order valence-corrected chi connectivity index (χ4v) is 4.58. The normalized spacial score (nSPS) is 15.8. The van der Waals surface area contributed by atoms with Crippen LogP contribution in [0.25, 0.3) is 10.9 Å². The lowest BCUT2D eigenvalue weighted by Gasteiger charge is -2.32. The van der Waals surface area contributed by atoms with Crippen molar-refractivity contribution >= 4 is 28.4 Å². The number of carbonyl (C=O) groups is 1. The lowest BCUT2D eigenvalue weighted by Crippen LogP contribution is -2.44. The average molecular weight is 499 g/mol. The summed E-state index contributed by atoms with van der Waals surface area (Å²) < 4.78 is 0. The number of benzene rings is 2. The number of aromatic hydroxyl groups is 1. The number of piperidine rings is 1. The lowest BCUT2D eigenvalue weighted by atomic mass is 10.0. The van der Waals surface area contributed by atoms with E-state index < -0.39 is 6.10 Å². The van der Waals surface area contributed by atoms with Gasteiger partial charge in [-0.1, -0.05) is 29.8 Å². The molecule has 1 saturated heterocycles. The summed E-state index contributed by atoms with van der Waals surface area (Å²) in [6.45, 7) is 3.37. The highest BCUT2D eigenvalue weighted by Crippen LogP contribution is 2.28. The average Bonchev–Trinajstić information content (AvgIpc) is 2.87. The Labute approximate surface area is 208 Å². The Morgan fingerprint density at radius 1 is 1.11 bits per heavy atom. The molecule has 2 aromatic carbocycles. The van der Waals surface area contributed by atoms with E-state index in [9.17, 15) is 19.8 Å². The summed E-state index contributed by atoms with van der Waals surface area (Å²) in [6, 6.07) is 13.9. The molecule has 0 bridgehead atoms. The van der Waals surface area contributed by atoms with Crippen LogP contribution in [-0.2, 0) is 11.3 Å². The highest BCUT2D eigenvalue weighted by atomic mass is 35.5. The van der Waals surface area contributed by atoms with E-state index in [0.717, 1.165) is 38.0 Å². The number of aromatic nitrogens is 1. The summed E-state index contributed by atoms with van der Waals surface area (Å²) in [5, 5.41) is 28.5. The third-order valence-corrected chi connectivity index (χ3v) is 6.76. The highest BCUT2D eigenvalue weighted by molar-refractivity contribution is 6.30. The molecule has 35 heavy (non-hydrogen) atoms. The minimum atomic E-state index is -0.772. The summed E-state index contributed by atoms with van der Waals surface area (Å²) in [4.78, 5) is 28.7. The zero-order chi connectivity index (χ0) is 24.8. The van der Waals surface area contributed by atoms with E-state index in [0.29, 0.717) is 41.0 Å². The molecule has 9 heteroatoms. The number of likely N-dealkylation sites (tertiary alicyclic amines) is 1. The number of pyridine rings is 1. The molecule has 1 aliphatic rings. The number of amides is 1. The molecule has 5 N–H and O–H groups in total. The van der Waals surface area contributed by atoms with Crippen LogP contribution in [0.1, 0.15) is 36.5 Å². The number of nitrogens with one attached hydrogen (secondary N) is 3. The fraction of sp³-hybridized carbons (Fsp3) is 0.385. The molecule has 0 spiro atoms. The van der Waals surface area contributed by atoms with Gasteiger partial charge in [0.25, 0.3) is 0 Å². The van der Waals surface area contributed by atoms with Gasteiger partial charge in [0.05, 0.1) is 11.6 Å². The van der Waals surface area contributed by atoms with Gasteiger partial charge in [-0.15, -0.1) is 0 Å². The molecule has 0 radical (unpaired) electrons. The lowest BCUT2D eigenvalue weighted by molar-refractivity contribution is -0.121. The monoisotopic (exact) mass is 498 g/mol. The summed E-state index contributed by atoms with van der Waals surface area (Å²) in [6.07, 6.45) is 1.55. The zero-order valence-electron chi connectivity index (χ0n) is 19.5. The molecule has 2 heterocycles. The van der Waals surface area contributed by atoms with Crippen molar-refractivity contribution < 1.29 is 15.0 Å². The number of H-pyrrole nitrogens is 1. The molecule has 0 aliphatic carbocycles. The van der Waals surface area contributed by atoms with Crippen molar-refractivity contribution in [1.29, 1.82) is 0 Å². The molecule has 0 saturated carbocycles. The van der Waals surface area contributed by atoms with Crippen LogP contribution in [0, 0.1) is 0 Å². The number of aliphatic hydroxyl groups is 1. The summed E-state index contributed by atoms with van der Waals surface area (Å²) in [5.41, 5.74) is 1.71. The maximum absolute atomic E-state index is 12.2. The van der Waals surface area contributed by atoms with E-state index in [2.05, 4.69) is 20.5 Å². The first-order valence-electron chi connectivity index (χ1n) is 11.9. The molecular formula is C26H31ClN4O4. The van der Waals surface area contributed by atoms with Gasteiger partial charge >= 0.3 is 0 Å². The second-order valence-electron chi connectivity index (χ2n) is 8.98. The van der Waals surface area contributed by atoms with E-state index in [1.807, 2.05) is 24.3 Å². The fourth-order valence-electron chi connectivity index (χ4n) is 4.45. The number of phenols is 1. The van der Waals surface area contributed by atoms with Gasteiger partial charge in [0, 0.05) is 48.6 Å². The predicted molar refractivity (Wildman–Crippen MR) is 137 cm³/mol. The van der Waals surface area contributed by atoms with E-state index >= 15 is 0 Å². The smallest absolute Gasteiger partial charge is 0.248 e. The van der Waals surface area contributed by atoms with Gasteiger partial charge in [-0.3, -0.25) is 9.59 Å². The summed E-state index contributed by atoms with van der Waals surface area (Å²) >= 11 is 5.89. The molecule has 1 aliphatic heterocycles. The van der Waals surface area contributed by atoms with Crippen molar-refractivity contribution in [3.8, 4) is 5.75 Å². The molecular weight excluding hydrogens is 468 g/mol. The summed E-state index contributed by atoms with van der Waals surface area (Å²) in [5.74, 6) is 0.0124. The van der Waals surface area contributed by atoms with Crippen molar-refractivity contribution in [1.82, 2.24) is 20.5 Å².